The highest BCUT2D eigenvalue weighted by atomic mass is 16.5. The van der Waals surface area contributed by atoms with Crippen LogP contribution in [0, 0.1) is 6.92 Å². The summed E-state index contributed by atoms with van der Waals surface area (Å²) in [4.78, 5) is 13.4. The van der Waals surface area contributed by atoms with Crippen LogP contribution in [0.1, 0.15) is 25.3 Å². The Balaban J connectivity index is 2.27. The molecular formula is C11H19N3O2. The van der Waals surface area contributed by atoms with Gasteiger partial charge in [-0.05, 0) is 20.8 Å². The van der Waals surface area contributed by atoms with Crippen molar-refractivity contribution in [1.29, 1.82) is 0 Å². The lowest BCUT2D eigenvalue weighted by molar-refractivity contribution is -0.129. The van der Waals surface area contributed by atoms with Crippen LogP contribution in [0.5, 0.6) is 0 Å². The first-order valence-corrected chi connectivity index (χ1v) is 5.58. The van der Waals surface area contributed by atoms with Crippen LogP contribution < -0.4 is 5.32 Å². The fourth-order valence-electron chi connectivity index (χ4n) is 1.48. The molecule has 0 aliphatic carbocycles. The fraction of sp³-hybridized carbons (Fsp3) is 0.636. The standard InChI is InChI=1S/C11H19N3O2/c1-4-14(5-2)11(15)8-12-7-10-6-9(3)13-16-10/h6,12H,4-5,7-8H2,1-3H3. The number of nitrogens with zero attached hydrogens (tertiary/aromatic N) is 2. The average molecular weight is 225 g/mol. The highest BCUT2D eigenvalue weighted by Gasteiger charge is 2.09. The Labute approximate surface area is 95.8 Å². The van der Waals surface area contributed by atoms with Crippen molar-refractivity contribution in [2.75, 3.05) is 19.6 Å². The summed E-state index contributed by atoms with van der Waals surface area (Å²) < 4.78 is 5.02. The number of hydrogen-bond acceptors (Lipinski definition) is 4. The molecule has 0 radical (unpaired) electrons. The van der Waals surface area contributed by atoms with Gasteiger partial charge < -0.3 is 14.7 Å². The van der Waals surface area contributed by atoms with E-state index < -0.39 is 0 Å². The van der Waals surface area contributed by atoms with Gasteiger partial charge in [0.1, 0.15) is 0 Å². The van der Waals surface area contributed by atoms with Crippen molar-refractivity contribution in [2.24, 2.45) is 0 Å². The van der Waals surface area contributed by atoms with Crippen molar-refractivity contribution in [3.63, 3.8) is 0 Å². The Morgan fingerprint density at radius 2 is 2.19 bits per heavy atom. The molecule has 0 aromatic carbocycles. The second kappa shape index (κ2) is 6.27. The smallest absolute Gasteiger partial charge is 0.236 e. The van der Waals surface area contributed by atoms with Crippen LogP contribution in [0.15, 0.2) is 10.6 Å². The summed E-state index contributed by atoms with van der Waals surface area (Å²) in [5.74, 6) is 0.867. The minimum absolute atomic E-state index is 0.112. The molecule has 5 nitrogen and oxygen atoms in total. The molecule has 1 amide bonds. The van der Waals surface area contributed by atoms with Gasteiger partial charge >= 0.3 is 0 Å². The lowest BCUT2D eigenvalue weighted by Gasteiger charge is -2.18. The van der Waals surface area contributed by atoms with Gasteiger partial charge in [0.15, 0.2) is 5.76 Å². The maximum absolute atomic E-state index is 11.6. The third kappa shape index (κ3) is 3.66. The Morgan fingerprint density at radius 3 is 2.69 bits per heavy atom. The Kier molecular flexibility index (Phi) is 4.98. The normalized spacial score (nSPS) is 10.4. The highest BCUT2D eigenvalue weighted by molar-refractivity contribution is 5.78. The fourth-order valence-corrected chi connectivity index (χ4v) is 1.48. The number of likely N-dealkylation sites (N-methyl/N-ethyl adjacent to an activating group) is 1. The van der Waals surface area contributed by atoms with E-state index in [-0.39, 0.29) is 5.91 Å². The zero-order valence-electron chi connectivity index (χ0n) is 10.1. The molecule has 0 atom stereocenters. The van der Waals surface area contributed by atoms with Crippen molar-refractivity contribution >= 4 is 5.91 Å². The zero-order valence-corrected chi connectivity index (χ0v) is 10.1. The summed E-state index contributed by atoms with van der Waals surface area (Å²) in [5, 5.41) is 6.81. The number of carbonyl (C=O) groups excluding carboxylic acids is 1. The monoisotopic (exact) mass is 225 g/mol. The molecule has 1 aromatic heterocycles. The highest BCUT2D eigenvalue weighted by Crippen LogP contribution is 2.00. The second-order valence-electron chi connectivity index (χ2n) is 3.60. The maximum Gasteiger partial charge on any atom is 0.236 e. The third-order valence-electron chi connectivity index (χ3n) is 2.37. The molecule has 1 aromatic rings. The number of carbonyl (C=O) groups is 1. The summed E-state index contributed by atoms with van der Waals surface area (Å²) >= 11 is 0. The van der Waals surface area contributed by atoms with Gasteiger partial charge in [0.25, 0.3) is 0 Å². The summed E-state index contributed by atoms with van der Waals surface area (Å²) in [6.45, 7) is 8.18. The number of aryl methyl sites for hydroxylation is 1. The van der Waals surface area contributed by atoms with Crippen LogP contribution in [0.25, 0.3) is 0 Å². The molecule has 1 N–H and O–H groups in total. The third-order valence-corrected chi connectivity index (χ3v) is 2.37. The van der Waals surface area contributed by atoms with Crippen LogP contribution in [0.2, 0.25) is 0 Å². The van der Waals surface area contributed by atoms with Gasteiger partial charge in [-0.2, -0.15) is 0 Å². The van der Waals surface area contributed by atoms with Crippen molar-refractivity contribution in [1.82, 2.24) is 15.4 Å². The Bertz CT molecular complexity index is 332. The molecule has 0 unspecified atom stereocenters. The molecule has 0 saturated heterocycles. The largest absolute Gasteiger partial charge is 0.360 e. The first-order chi connectivity index (χ1) is 7.67. The van der Waals surface area contributed by atoms with Gasteiger partial charge in [0, 0.05) is 19.2 Å². The van der Waals surface area contributed by atoms with E-state index in [0.29, 0.717) is 13.1 Å². The predicted octanol–water partition coefficient (Wildman–Crippen LogP) is 0.941. The van der Waals surface area contributed by atoms with Gasteiger partial charge in [0.05, 0.1) is 18.8 Å². The number of amides is 1. The van der Waals surface area contributed by atoms with E-state index >= 15 is 0 Å². The number of hydrogen-bond donors (Lipinski definition) is 1. The van der Waals surface area contributed by atoms with E-state index in [1.54, 1.807) is 4.90 Å². The van der Waals surface area contributed by atoms with E-state index in [1.165, 1.54) is 0 Å². The molecule has 0 saturated carbocycles. The first-order valence-electron chi connectivity index (χ1n) is 5.58. The lowest BCUT2D eigenvalue weighted by atomic mass is 10.4. The molecule has 5 heteroatoms. The zero-order chi connectivity index (χ0) is 12.0. The summed E-state index contributed by atoms with van der Waals surface area (Å²) in [7, 11) is 0. The van der Waals surface area contributed by atoms with Crippen LogP contribution in [0.3, 0.4) is 0 Å². The summed E-state index contributed by atoms with van der Waals surface area (Å²) in [5.41, 5.74) is 0.854. The Hall–Kier alpha value is -1.36. The van der Waals surface area contributed by atoms with E-state index in [9.17, 15) is 4.79 Å². The van der Waals surface area contributed by atoms with Crippen LogP contribution in [0.4, 0.5) is 0 Å². The quantitative estimate of drug-likeness (QED) is 0.782. The Morgan fingerprint density at radius 1 is 1.50 bits per heavy atom. The molecule has 0 aliphatic rings. The molecule has 0 bridgehead atoms. The molecule has 0 fully saturated rings. The second-order valence-corrected chi connectivity index (χ2v) is 3.60. The molecule has 0 aliphatic heterocycles. The first kappa shape index (κ1) is 12.7. The topological polar surface area (TPSA) is 58.4 Å². The summed E-state index contributed by atoms with van der Waals surface area (Å²) in [6.07, 6.45) is 0. The maximum atomic E-state index is 11.6. The van der Waals surface area contributed by atoms with Crippen molar-refractivity contribution in [3.05, 3.63) is 17.5 Å². The van der Waals surface area contributed by atoms with Crippen molar-refractivity contribution in [2.45, 2.75) is 27.3 Å². The van der Waals surface area contributed by atoms with Gasteiger partial charge in [-0.15, -0.1) is 0 Å². The molecule has 1 heterocycles. The van der Waals surface area contributed by atoms with E-state index in [4.69, 9.17) is 4.52 Å². The van der Waals surface area contributed by atoms with Crippen molar-refractivity contribution < 1.29 is 9.32 Å². The summed E-state index contributed by atoms with van der Waals surface area (Å²) in [6, 6.07) is 1.86. The van der Waals surface area contributed by atoms with Gasteiger partial charge in [-0.25, -0.2) is 0 Å². The SMILES string of the molecule is CCN(CC)C(=O)CNCc1cc(C)no1. The number of nitrogens with one attached hydrogen (secondary N) is 1. The minimum Gasteiger partial charge on any atom is -0.360 e. The van der Waals surface area contributed by atoms with Crippen LogP contribution in [-0.4, -0.2) is 35.6 Å². The lowest BCUT2D eigenvalue weighted by Crippen LogP contribution is -2.37. The molecule has 90 valence electrons. The van der Waals surface area contributed by atoms with Crippen molar-refractivity contribution in [3.8, 4) is 0 Å². The van der Waals surface area contributed by atoms with Gasteiger partial charge in [-0.1, -0.05) is 5.16 Å². The molecule has 0 spiro atoms. The van der Waals surface area contributed by atoms with Gasteiger partial charge in [-0.3, -0.25) is 4.79 Å². The minimum atomic E-state index is 0.112. The number of aromatic nitrogens is 1. The average Bonchev–Trinajstić information content (AvgIpc) is 2.66. The predicted molar refractivity (Wildman–Crippen MR) is 60.9 cm³/mol. The number of rotatable bonds is 6. The van der Waals surface area contributed by atoms with E-state index in [0.717, 1.165) is 24.5 Å². The molecule has 16 heavy (non-hydrogen) atoms. The van der Waals surface area contributed by atoms with Crippen LogP contribution >= 0.6 is 0 Å². The van der Waals surface area contributed by atoms with E-state index in [1.807, 2.05) is 26.8 Å². The molecular weight excluding hydrogens is 206 g/mol. The van der Waals surface area contributed by atoms with E-state index in [2.05, 4.69) is 10.5 Å². The van der Waals surface area contributed by atoms with Gasteiger partial charge in [0.2, 0.25) is 5.91 Å². The molecule has 1 rings (SSSR count). The van der Waals surface area contributed by atoms with Crippen LogP contribution in [-0.2, 0) is 11.3 Å².